The lowest BCUT2D eigenvalue weighted by atomic mass is 9.82. The van der Waals surface area contributed by atoms with Crippen molar-refractivity contribution in [1.29, 1.82) is 0 Å². The van der Waals surface area contributed by atoms with Gasteiger partial charge in [0.1, 0.15) is 0 Å². The molecule has 5 nitrogen and oxygen atoms in total. The summed E-state index contributed by atoms with van der Waals surface area (Å²) in [6.45, 7) is 6.61. The standard InChI is InChI=1S/C21H26N2O3/c1-21(2,3)19(15-8-6-5-7-9-15)22-14-18(24)23-17-12-10-16(11-13-17)20(25)26-4/h5-13,19,22H,14H2,1-4H3,(H,23,24). The number of ether oxygens (including phenoxy) is 1. The number of methoxy groups -OCH3 is 1. The molecule has 0 aliphatic rings. The lowest BCUT2D eigenvalue weighted by Crippen LogP contribution is -2.37. The van der Waals surface area contributed by atoms with Crippen molar-refractivity contribution in [2.24, 2.45) is 5.41 Å². The first-order valence-electron chi connectivity index (χ1n) is 8.58. The summed E-state index contributed by atoms with van der Waals surface area (Å²) in [5.41, 5.74) is 2.19. The Bertz CT molecular complexity index is 734. The van der Waals surface area contributed by atoms with Crippen LogP contribution in [0.5, 0.6) is 0 Å². The molecule has 0 heterocycles. The third-order valence-electron chi connectivity index (χ3n) is 4.06. The molecule has 0 bridgehead atoms. The third kappa shape index (κ3) is 5.43. The molecule has 0 saturated carbocycles. The molecule has 0 aliphatic heterocycles. The maximum atomic E-state index is 12.3. The fraction of sp³-hybridized carbons (Fsp3) is 0.333. The van der Waals surface area contributed by atoms with Crippen LogP contribution in [-0.2, 0) is 9.53 Å². The molecule has 0 radical (unpaired) electrons. The van der Waals surface area contributed by atoms with Gasteiger partial charge in [-0.2, -0.15) is 0 Å². The second-order valence-corrected chi connectivity index (χ2v) is 7.21. The van der Waals surface area contributed by atoms with Crippen molar-refractivity contribution in [2.75, 3.05) is 19.0 Å². The van der Waals surface area contributed by atoms with Crippen molar-refractivity contribution >= 4 is 17.6 Å². The highest BCUT2D eigenvalue weighted by Gasteiger charge is 2.26. The quantitative estimate of drug-likeness (QED) is 0.775. The van der Waals surface area contributed by atoms with Crippen molar-refractivity contribution in [1.82, 2.24) is 5.32 Å². The summed E-state index contributed by atoms with van der Waals surface area (Å²) in [6.07, 6.45) is 0. The van der Waals surface area contributed by atoms with Crippen LogP contribution in [0.3, 0.4) is 0 Å². The predicted molar refractivity (Wildman–Crippen MR) is 103 cm³/mol. The lowest BCUT2D eigenvalue weighted by molar-refractivity contribution is -0.115. The van der Waals surface area contributed by atoms with E-state index in [0.29, 0.717) is 11.3 Å². The molecule has 2 aromatic carbocycles. The first kappa shape index (κ1) is 19.7. The van der Waals surface area contributed by atoms with Crippen LogP contribution in [0, 0.1) is 5.41 Å². The van der Waals surface area contributed by atoms with E-state index in [1.807, 2.05) is 18.2 Å². The van der Waals surface area contributed by atoms with E-state index in [1.54, 1.807) is 24.3 Å². The Kier molecular flexibility index (Phi) is 6.52. The summed E-state index contributed by atoms with van der Waals surface area (Å²) in [5.74, 6) is -0.540. The summed E-state index contributed by atoms with van der Waals surface area (Å²) in [7, 11) is 1.34. The smallest absolute Gasteiger partial charge is 0.337 e. The van der Waals surface area contributed by atoms with Crippen LogP contribution in [0.4, 0.5) is 5.69 Å². The fourth-order valence-corrected chi connectivity index (χ4v) is 2.78. The highest BCUT2D eigenvalue weighted by Crippen LogP contribution is 2.32. The van der Waals surface area contributed by atoms with E-state index in [-0.39, 0.29) is 23.9 Å². The molecular formula is C21H26N2O3. The van der Waals surface area contributed by atoms with Gasteiger partial charge in [-0.15, -0.1) is 0 Å². The minimum absolute atomic E-state index is 0.0379. The maximum absolute atomic E-state index is 12.3. The number of amides is 1. The van der Waals surface area contributed by atoms with Gasteiger partial charge in [-0.1, -0.05) is 51.1 Å². The number of carbonyl (C=O) groups excluding carboxylic acids is 2. The molecule has 2 aromatic rings. The SMILES string of the molecule is COC(=O)c1ccc(NC(=O)CNC(c2ccccc2)C(C)(C)C)cc1. The number of esters is 1. The minimum atomic E-state index is -0.402. The number of rotatable bonds is 6. The molecule has 0 spiro atoms. The number of benzene rings is 2. The predicted octanol–water partition coefficient (Wildman–Crippen LogP) is 3.79. The van der Waals surface area contributed by atoms with E-state index in [0.717, 1.165) is 5.56 Å². The summed E-state index contributed by atoms with van der Waals surface area (Å²) in [4.78, 5) is 23.7. The molecule has 1 unspecified atom stereocenters. The van der Waals surface area contributed by atoms with Crippen molar-refractivity contribution in [3.8, 4) is 0 Å². The van der Waals surface area contributed by atoms with Gasteiger partial charge < -0.3 is 15.4 Å². The van der Waals surface area contributed by atoms with Crippen LogP contribution in [0.15, 0.2) is 54.6 Å². The van der Waals surface area contributed by atoms with Gasteiger partial charge in [-0.25, -0.2) is 4.79 Å². The average Bonchev–Trinajstić information content (AvgIpc) is 2.61. The van der Waals surface area contributed by atoms with E-state index in [9.17, 15) is 9.59 Å². The molecular weight excluding hydrogens is 328 g/mol. The molecule has 5 heteroatoms. The summed E-state index contributed by atoms with van der Waals surface area (Å²) >= 11 is 0. The molecule has 1 atom stereocenters. The van der Waals surface area contributed by atoms with Gasteiger partial charge in [-0.05, 0) is 35.2 Å². The van der Waals surface area contributed by atoms with Gasteiger partial charge in [-0.3, -0.25) is 4.79 Å². The van der Waals surface area contributed by atoms with E-state index in [1.165, 1.54) is 7.11 Å². The highest BCUT2D eigenvalue weighted by molar-refractivity contribution is 5.94. The normalized spacial score (nSPS) is 12.3. The number of carbonyl (C=O) groups is 2. The van der Waals surface area contributed by atoms with Crippen LogP contribution >= 0.6 is 0 Å². The zero-order valence-electron chi connectivity index (χ0n) is 15.7. The number of anilines is 1. The molecule has 2 rings (SSSR count). The highest BCUT2D eigenvalue weighted by atomic mass is 16.5. The summed E-state index contributed by atoms with van der Waals surface area (Å²) in [5, 5.41) is 6.18. The van der Waals surface area contributed by atoms with Gasteiger partial charge in [0, 0.05) is 11.7 Å². The van der Waals surface area contributed by atoms with Crippen molar-refractivity contribution < 1.29 is 14.3 Å². The van der Waals surface area contributed by atoms with Crippen molar-refractivity contribution in [2.45, 2.75) is 26.8 Å². The van der Waals surface area contributed by atoms with E-state index >= 15 is 0 Å². The Balaban J connectivity index is 1.97. The lowest BCUT2D eigenvalue weighted by Gasteiger charge is -2.32. The minimum Gasteiger partial charge on any atom is -0.465 e. The van der Waals surface area contributed by atoms with E-state index in [2.05, 4.69) is 48.3 Å². The van der Waals surface area contributed by atoms with Crippen LogP contribution in [0.1, 0.15) is 42.7 Å². The Morgan fingerprint density at radius 1 is 1.00 bits per heavy atom. The Hall–Kier alpha value is -2.66. The fourth-order valence-electron chi connectivity index (χ4n) is 2.78. The molecule has 0 saturated heterocycles. The summed E-state index contributed by atoms with van der Waals surface area (Å²) in [6, 6.07) is 16.8. The molecule has 26 heavy (non-hydrogen) atoms. The third-order valence-corrected chi connectivity index (χ3v) is 4.06. The van der Waals surface area contributed by atoms with Gasteiger partial charge in [0.15, 0.2) is 0 Å². The zero-order chi connectivity index (χ0) is 19.2. The van der Waals surface area contributed by atoms with Crippen molar-refractivity contribution in [3.63, 3.8) is 0 Å². The van der Waals surface area contributed by atoms with Gasteiger partial charge >= 0.3 is 5.97 Å². The van der Waals surface area contributed by atoms with Gasteiger partial charge in [0.25, 0.3) is 0 Å². The van der Waals surface area contributed by atoms with Gasteiger partial charge in [0.2, 0.25) is 5.91 Å². The average molecular weight is 354 g/mol. The molecule has 0 aliphatic carbocycles. The Labute approximate surface area is 154 Å². The number of hydrogen-bond donors (Lipinski definition) is 2. The summed E-state index contributed by atoms with van der Waals surface area (Å²) < 4.78 is 4.66. The second kappa shape index (κ2) is 8.63. The van der Waals surface area contributed by atoms with E-state index in [4.69, 9.17) is 0 Å². The topological polar surface area (TPSA) is 67.4 Å². The number of hydrogen-bond acceptors (Lipinski definition) is 4. The number of nitrogens with one attached hydrogen (secondary N) is 2. The Morgan fingerprint density at radius 3 is 2.15 bits per heavy atom. The van der Waals surface area contributed by atoms with Crippen LogP contribution in [0.2, 0.25) is 0 Å². The molecule has 0 fully saturated rings. The Morgan fingerprint density at radius 2 is 1.62 bits per heavy atom. The zero-order valence-corrected chi connectivity index (χ0v) is 15.7. The van der Waals surface area contributed by atoms with E-state index < -0.39 is 5.97 Å². The molecule has 138 valence electrons. The van der Waals surface area contributed by atoms with Crippen LogP contribution < -0.4 is 10.6 Å². The van der Waals surface area contributed by atoms with Crippen LogP contribution in [-0.4, -0.2) is 25.5 Å². The van der Waals surface area contributed by atoms with Crippen LogP contribution in [0.25, 0.3) is 0 Å². The maximum Gasteiger partial charge on any atom is 0.337 e. The molecule has 0 aromatic heterocycles. The monoisotopic (exact) mass is 354 g/mol. The first-order chi connectivity index (χ1) is 12.3. The largest absolute Gasteiger partial charge is 0.465 e. The second-order valence-electron chi connectivity index (χ2n) is 7.21. The molecule has 1 amide bonds. The first-order valence-corrected chi connectivity index (χ1v) is 8.58. The molecule has 2 N–H and O–H groups in total. The van der Waals surface area contributed by atoms with Crippen molar-refractivity contribution in [3.05, 3.63) is 65.7 Å². The van der Waals surface area contributed by atoms with Gasteiger partial charge in [0.05, 0.1) is 19.2 Å².